The van der Waals surface area contributed by atoms with Gasteiger partial charge in [-0.1, -0.05) is 38.1 Å². The van der Waals surface area contributed by atoms with Gasteiger partial charge >= 0.3 is 0 Å². The van der Waals surface area contributed by atoms with Crippen LogP contribution in [0.1, 0.15) is 43.5 Å². The van der Waals surface area contributed by atoms with Gasteiger partial charge in [-0.3, -0.25) is 9.59 Å². The van der Waals surface area contributed by atoms with Crippen LogP contribution in [0, 0.1) is 11.8 Å². The van der Waals surface area contributed by atoms with Crippen molar-refractivity contribution < 1.29 is 9.59 Å². The molecule has 1 unspecified atom stereocenters. The fourth-order valence-electron chi connectivity index (χ4n) is 2.49. The minimum Gasteiger partial charge on any atom is -0.352 e. The maximum atomic E-state index is 12.2. The Morgan fingerprint density at radius 2 is 2.05 bits per heavy atom. The summed E-state index contributed by atoms with van der Waals surface area (Å²) in [6, 6.07) is 7.14. The molecule has 0 fully saturated rings. The molecule has 4 heteroatoms. The van der Waals surface area contributed by atoms with Gasteiger partial charge in [-0.15, -0.1) is 0 Å². The number of carbonyl (C=O) groups excluding carboxylic acids is 2. The van der Waals surface area contributed by atoms with Crippen molar-refractivity contribution in [1.29, 1.82) is 0 Å². The molecule has 22 heavy (non-hydrogen) atoms. The summed E-state index contributed by atoms with van der Waals surface area (Å²) in [6.45, 7) is 4.71. The lowest BCUT2D eigenvalue weighted by Crippen LogP contribution is -2.28. The van der Waals surface area contributed by atoms with E-state index in [-0.39, 0.29) is 11.8 Å². The highest BCUT2D eigenvalue weighted by Crippen LogP contribution is 2.22. The molecular weight excluding hydrogens is 276 g/mol. The molecule has 1 aliphatic carbocycles. The lowest BCUT2D eigenvalue weighted by atomic mass is 10.0. The van der Waals surface area contributed by atoms with Crippen LogP contribution in [0.4, 0.5) is 5.69 Å². The minimum atomic E-state index is -0.148. The van der Waals surface area contributed by atoms with Gasteiger partial charge in [0.15, 0.2) is 0 Å². The highest BCUT2D eigenvalue weighted by Gasteiger charge is 2.17. The van der Waals surface area contributed by atoms with Gasteiger partial charge in [0.05, 0.1) is 11.3 Å². The van der Waals surface area contributed by atoms with Crippen molar-refractivity contribution in [3.63, 3.8) is 0 Å². The predicted octanol–water partition coefficient (Wildman–Crippen LogP) is 3.37. The maximum Gasteiger partial charge on any atom is 0.253 e. The number of rotatable bonds is 6. The molecule has 0 radical (unpaired) electrons. The Bertz CT molecular complexity index is 564. The molecular formula is C18H24N2O2. The largest absolute Gasteiger partial charge is 0.352 e. The molecule has 0 saturated heterocycles. The van der Waals surface area contributed by atoms with Gasteiger partial charge in [-0.2, -0.15) is 0 Å². The van der Waals surface area contributed by atoms with E-state index in [4.69, 9.17) is 0 Å². The zero-order chi connectivity index (χ0) is 15.9. The number of anilines is 1. The minimum absolute atomic E-state index is 0.0411. The number of carbonyl (C=O) groups is 2. The first-order chi connectivity index (χ1) is 10.6. The standard InChI is InChI=1S/C18H24N2O2/c1-13(2)12-19-18(22)15-9-5-6-10-16(15)20-17(21)11-14-7-3-4-8-14/h3,5-7,9-10,13-14H,4,8,11-12H2,1-2H3,(H,19,22)(H,20,21). The molecule has 0 spiro atoms. The van der Waals surface area contributed by atoms with Crippen molar-refractivity contribution in [2.24, 2.45) is 11.8 Å². The molecule has 2 amide bonds. The Morgan fingerprint density at radius 1 is 1.27 bits per heavy atom. The Kier molecular flexibility index (Phi) is 5.75. The summed E-state index contributed by atoms with van der Waals surface area (Å²) in [5, 5.41) is 5.76. The van der Waals surface area contributed by atoms with Crippen LogP contribution in [0.15, 0.2) is 36.4 Å². The molecule has 2 rings (SSSR count). The van der Waals surface area contributed by atoms with Crippen molar-refractivity contribution in [3.05, 3.63) is 42.0 Å². The zero-order valence-electron chi connectivity index (χ0n) is 13.3. The van der Waals surface area contributed by atoms with Gasteiger partial charge in [-0.05, 0) is 36.8 Å². The molecule has 0 heterocycles. The van der Waals surface area contributed by atoms with E-state index in [0.29, 0.717) is 36.1 Å². The van der Waals surface area contributed by atoms with Crippen LogP contribution in [0.2, 0.25) is 0 Å². The van der Waals surface area contributed by atoms with Crippen LogP contribution in [-0.4, -0.2) is 18.4 Å². The quantitative estimate of drug-likeness (QED) is 0.791. The first-order valence-electron chi connectivity index (χ1n) is 7.90. The summed E-state index contributed by atoms with van der Waals surface area (Å²) in [5.74, 6) is 0.521. The first-order valence-corrected chi connectivity index (χ1v) is 7.90. The lowest BCUT2D eigenvalue weighted by molar-refractivity contribution is -0.116. The van der Waals surface area contributed by atoms with Crippen LogP contribution in [0.25, 0.3) is 0 Å². The third-order valence-electron chi connectivity index (χ3n) is 3.68. The van der Waals surface area contributed by atoms with Crippen molar-refractivity contribution in [3.8, 4) is 0 Å². The van der Waals surface area contributed by atoms with Crippen molar-refractivity contribution in [2.75, 3.05) is 11.9 Å². The summed E-state index contributed by atoms with van der Waals surface area (Å²) in [7, 11) is 0. The van der Waals surface area contributed by atoms with Gasteiger partial charge in [0.2, 0.25) is 5.91 Å². The number of amides is 2. The average Bonchev–Trinajstić information content (AvgIpc) is 2.98. The van der Waals surface area contributed by atoms with E-state index in [0.717, 1.165) is 12.8 Å². The van der Waals surface area contributed by atoms with E-state index in [9.17, 15) is 9.59 Å². The summed E-state index contributed by atoms with van der Waals surface area (Å²) in [6.07, 6.45) is 6.76. The second-order valence-corrected chi connectivity index (χ2v) is 6.17. The average molecular weight is 300 g/mol. The first kappa shape index (κ1) is 16.3. The predicted molar refractivity (Wildman–Crippen MR) is 88.7 cm³/mol. The Labute approximate surface area is 132 Å². The van der Waals surface area contributed by atoms with E-state index < -0.39 is 0 Å². The summed E-state index contributed by atoms with van der Waals surface area (Å²) in [4.78, 5) is 24.4. The fraction of sp³-hybridized carbons (Fsp3) is 0.444. The Hall–Kier alpha value is -2.10. The van der Waals surface area contributed by atoms with Gasteiger partial charge in [-0.25, -0.2) is 0 Å². The molecule has 4 nitrogen and oxygen atoms in total. The summed E-state index contributed by atoms with van der Waals surface area (Å²) >= 11 is 0. The summed E-state index contributed by atoms with van der Waals surface area (Å²) in [5.41, 5.74) is 1.09. The highest BCUT2D eigenvalue weighted by molar-refractivity contribution is 6.03. The second kappa shape index (κ2) is 7.78. The van der Waals surface area contributed by atoms with Crippen LogP contribution >= 0.6 is 0 Å². The Balaban J connectivity index is 1.99. The topological polar surface area (TPSA) is 58.2 Å². The number of allylic oxidation sites excluding steroid dienone is 2. The van der Waals surface area contributed by atoms with Crippen LogP contribution in [0.3, 0.4) is 0 Å². The van der Waals surface area contributed by atoms with E-state index in [1.54, 1.807) is 18.2 Å². The molecule has 0 saturated carbocycles. The number of hydrogen-bond acceptors (Lipinski definition) is 2. The molecule has 1 aromatic carbocycles. The second-order valence-electron chi connectivity index (χ2n) is 6.17. The SMILES string of the molecule is CC(C)CNC(=O)c1ccccc1NC(=O)CC1C=CCC1. The van der Waals surface area contributed by atoms with Gasteiger partial charge in [0.25, 0.3) is 5.91 Å². The number of nitrogens with one attached hydrogen (secondary N) is 2. The third kappa shape index (κ3) is 4.72. The molecule has 118 valence electrons. The molecule has 0 aromatic heterocycles. The number of para-hydroxylation sites is 1. The van der Waals surface area contributed by atoms with Crippen LogP contribution in [-0.2, 0) is 4.79 Å². The summed E-state index contributed by atoms with van der Waals surface area (Å²) < 4.78 is 0. The molecule has 2 N–H and O–H groups in total. The van der Waals surface area contributed by atoms with Gasteiger partial charge in [0.1, 0.15) is 0 Å². The van der Waals surface area contributed by atoms with Gasteiger partial charge < -0.3 is 10.6 Å². The van der Waals surface area contributed by atoms with E-state index >= 15 is 0 Å². The van der Waals surface area contributed by atoms with Crippen molar-refractivity contribution in [2.45, 2.75) is 33.1 Å². The maximum absolute atomic E-state index is 12.2. The number of benzene rings is 1. The zero-order valence-corrected chi connectivity index (χ0v) is 13.3. The van der Waals surface area contributed by atoms with E-state index in [1.807, 2.05) is 19.9 Å². The highest BCUT2D eigenvalue weighted by atomic mass is 16.2. The van der Waals surface area contributed by atoms with E-state index in [1.165, 1.54) is 0 Å². The normalized spacial score (nSPS) is 16.8. The monoisotopic (exact) mass is 300 g/mol. The smallest absolute Gasteiger partial charge is 0.253 e. The fourth-order valence-corrected chi connectivity index (χ4v) is 2.49. The van der Waals surface area contributed by atoms with Crippen LogP contribution < -0.4 is 10.6 Å². The van der Waals surface area contributed by atoms with Gasteiger partial charge in [0, 0.05) is 13.0 Å². The molecule has 0 bridgehead atoms. The molecule has 1 atom stereocenters. The molecule has 0 aliphatic heterocycles. The van der Waals surface area contributed by atoms with E-state index in [2.05, 4.69) is 22.8 Å². The third-order valence-corrected chi connectivity index (χ3v) is 3.68. The molecule has 1 aliphatic rings. The van der Waals surface area contributed by atoms with Crippen molar-refractivity contribution >= 4 is 17.5 Å². The van der Waals surface area contributed by atoms with Crippen LogP contribution in [0.5, 0.6) is 0 Å². The number of hydrogen-bond donors (Lipinski definition) is 2. The Morgan fingerprint density at radius 3 is 2.73 bits per heavy atom. The van der Waals surface area contributed by atoms with Crippen molar-refractivity contribution in [1.82, 2.24) is 5.32 Å². The lowest BCUT2D eigenvalue weighted by Gasteiger charge is -2.13. The molecule has 1 aromatic rings.